The third-order valence-electron chi connectivity index (χ3n) is 4.53. The Kier molecular flexibility index (Phi) is 3.94. The first-order valence-corrected chi connectivity index (χ1v) is 7.79. The van der Waals surface area contributed by atoms with Gasteiger partial charge in [-0.2, -0.15) is 0 Å². The molecule has 1 aliphatic heterocycles. The molecule has 1 fully saturated rings. The number of aromatic nitrogens is 1. The molecule has 20 heavy (non-hydrogen) atoms. The molecule has 0 saturated carbocycles. The maximum Gasteiger partial charge on any atom is 0.255 e. The van der Waals surface area contributed by atoms with Crippen LogP contribution in [0.15, 0.2) is 10.9 Å². The van der Waals surface area contributed by atoms with Crippen molar-refractivity contribution >= 4 is 0 Å². The van der Waals surface area contributed by atoms with Crippen molar-refractivity contribution in [3.8, 4) is 0 Å². The summed E-state index contributed by atoms with van der Waals surface area (Å²) in [5.74, 6) is 0. The fraction of sp³-hybridized carbons (Fsp3) is 0.688. The smallest absolute Gasteiger partial charge is 0.255 e. The summed E-state index contributed by atoms with van der Waals surface area (Å²) >= 11 is 0. The monoisotopic (exact) mass is 276 g/mol. The number of pyridine rings is 1. The van der Waals surface area contributed by atoms with E-state index in [0.717, 1.165) is 37.9 Å². The highest BCUT2D eigenvalue weighted by Crippen LogP contribution is 2.24. The molecule has 1 aromatic heterocycles. The summed E-state index contributed by atoms with van der Waals surface area (Å²) in [4.78, 5) is 12.7. The van der Waals surface area contributed by atoms with E-state index in [4.69, 9.17) is 10.5 Å². The Labute approximate surface area is 119 Å². The molecule has 4 nitrogen and oxygen atoms in total. The molecular formula is C16H24N2O2. The first-order chi connectivity index (χ1) is 9.66. The normalized spacial score (nSPS) is 23.6. The topological polar surface area (TPSA) is 57.2 Å². The lowest BCUT2D eigenvalue weighted by Gasteiger charge is -2.24. The number of ether oxygens (including phenoxy) is 1. The van der Waals surface area contributed by atoms with Crippen LogP contribution in [0.1, 0.15) is 55.5 Å². The standard InChI is InChI=1S/C16H24N2O2/c1-11(17)14-9-12-5-2-3-7-15(12)18(16(14)19)10-13-6-4-8-20-13/h9,11,13H,2-8,10,17H2,1H3. The molecule has 2 heterocycles. The van der Waals surface area contributed by atoms with Crippen LogP contribution in [0.25, 0.3) is 0 Å². The van der Waals surface area contributed by atoms with Gasteiger partial charge in [-0.25, -0.2) is 0 Å². The molecule has 2 aliphatic rings. The van der Waals surface area contributed by atoms with Crippen molar-refractivity contribution in [1.29, 1.82) is 0 Å². The first kappa shape index (κ1) is 13.8. The Morgan fingerprint density at radius 1 is 1.40 bits per heavy atom. The van der Waals surface area contributed by atoms with Crippen molar-refractivity contribution in [2.45, 2.75) is 64.1 Å². The van der Waals surface area contributed by atoms with Crippen LogP contribution in [0, 0.1) is 0 Å². The average Bonchev–Trinajstić information content (AvgIpc) is 2.94. The van der Waals surface area contributed by atoms with Gasteiger partial charge in [0, 0.05) is 23.9 Å². The number of nitrogens with two attached hydrogens (primary N) is 1. The number of nitrogens with zero attached hydrogens (tertiary/aromatic N) is 1. The van der Waals surface area contributed by atoms with Crippen molar-refractivity contribution in [2.24, 2.45) is 5.73 Å². The fourth-order valence-corrected chi connectivity index (χ4v) is 3.42. The van der Waals surface area contributed by atoms with Gasteiger partial charge in [0.15, 0.2) is 0 Å². The molecule has 4 heteroatoms. The maximum atomic E-state index is 12.7. The SMILES string of the molecule is CC(N)c1cc2c(n(CC3CCCO3)c1=O)CCCC2. The number of rotatable bonds is 3. The minimum atomic E-state index is -0.203. The van der Waals surface area contributed by atoms with Gasteiger partial charge in [0.1, 0.15) is 0 Å². The van der Waals surface area contributed by atoms with E-state index in [9.17, 15) is 4.79 Å². The Morgan fingerprint density at radius 3 is 2.90 bits per heavy atom. The summed E-state index contributed by atoms with van der Waals surface area (Å²) in [7, 11) is 0. The highest BCUT2D eigenvalue weighted by Gasteiger charge is 2.23. The van der Waals surface area contributed by atoms with Crippen LogP contribution >= 0.6 is 0 Å². The minimum Gasteiger partial charge on any atom is -0.376 e. The molecule has 110 valence electrons. The highest BCUT2D eigenvalue weighted by molar-refractivity contribution is 5.30. The molecule has 0 radical (unpaired) electrons. The molecule has 0 bridgehead atoms. The van der Waals surface area contributed by atoms with Crippen LogP contribution in [0.5, 0.6) is 0 Å². The van der Waals surface area contributed by atoms with Gasteiger partial charge in [-0.1, -0.05) is 0 Å². The van der Waals surface area contributed by atoms with Crippen LogP contribution < -0.4 is 11.3 Å². The van der Waals surface area contributed by atoms with E-state index in [-0.39, 0.29) is 17.7 Å². The second-order valence-electron chi connectivity index (χ2n) is 6.12. The quantitative estimate of drug-likeness (QED) is 0.917. The second kappa shape index (κ2) is 5.70. The molecule has 2 N–H and O–H groups in total. The second-order valence-corrected chi connectivity index (χ2v) is 6.12. The van der Waals surface area contributed by atoms with Crippen molar-refractivity contribution in [3.63, 3.8) is 0 Å². The largest absolute Gasteiger partial charge is 0.376 e. The zero-order valence-corrected chi connectivity index (χ0v) is 12.2. The van der Waals surface area contributed by atoms with E-state index in [2.05, 4.69) is 0 Å². The molecule has 0 aromatic carbocycles. The van der Waals surface area contributed by atoms with Gasteiger partial charge in [-0.3, -0.25) is 4.79 Å². The van der Waals surface area contributed by atoms with E-state index < -0.39 is 0 Å². The predicted octanol–water partition coefficient (Wildman–Crippen LogP) is 1.93. The zero-order chi connectivity index (χ0) is 14.1. The first-order valence-electron chi connectivity index (χ1n) is 7.79. The van der Waals surface area contributed by atoms with E-state index in [1.165, 1.54) is 24.1 Å². The summed E-state index contributed by atoms with van der Waals surface area (Å²) in [6, 6.07) is 1.85. The molecule has 0 spiro atoms. The van der Waals surface area contributed by atoms with Gasteiger partial charge >= 0.3 is 0 Å². The average molecular weight is 276 g/mol. The third kappa shape index (κ3) is 2.54. The predicted molar refractivity (Wildman–Crippen MR) is 78.9 cm³/mol. The van der Waals surface area contributed by atoms with Crippen LogP contribution in [0.4, 0.5) is 0 Å². The number of hydrogen-bond acceptors (Lipinski definition) is 3. The van der Waals surface area contributed by atoms with Crippen molar-refractivity contribution < 1.29 is 4.74 Å². The van der Waals surface area contributed by atoms with E-state index >= 15 is 0 Å². The van der Waals surface area contributed by atoms with Crippen molar-refractivity contribution in [3.05, 3.63) is 33.2 Å². The Hall–Kier alpha value is -1.13. The lowest BCUT2D eigenvalue weighted by Crippen LogP contribution is -2.35. The lowest BCUT2D eigenvalue weighted by molar-refractivity contribution is 0.0951. The fourth-order valence-electron chi connectivity index (χ4n) is 3.42. The molecule has 2 atom stereocenters. The maximum absolute atomic E-state index is 12.7. The number of aryl methyl sites for hydroxylation is 1. The summed E-state index contributed by atoms with van der Waals surface area (Å²) in [5.41, 5.74) is 9.37. The Balaban J connectivity index is 2.04. The molecule has 1 aromatic rings. The summed E-state index contributed by atoms with van der Waals surface area (Å²) in [6.45, 7) is 3.42. The molecule has 1 saturated heterocycles. The molecule has 1 aliphatic carbocycles. The lowest BCUT2D eigenvalue weighted by atomic mass is 9.93. The van der Waals surface area contributed by atoms with Gasteiger partial charge in [0.2, 0.25) is 0 Å². The number of hydrogen-bond donors (Lipinski definition) is 1. The third-order valence-corrected chi connectivity index (χ3v) is 4.53. The molecule has 3 rings (SSSR count). The van der Waals surface area contributed by atoms with Gasteiger partial charge < -0.3 is 15.0 Å². The van der Waals surface area contributed by atoms with Gasteiger partial charge in [-0.15, -0.1) is 0 Å². The van der Waals surface area contributed by atoms with E-state index in [0.29, 0.717) is 6.54 Å². The van der Waals surface area contributed by atoms with Crippen LogP contribution in [-0.4, -0.2) is 17.3 Å². The summed E-state index contributed by atoms with van der Waals surface area (Å²) in [6.07, 6.45) is 6.83. The van der Waals surface area contributed by atoms with Crippen LogP contribution in [-0.2, 0) is 24.1 Å². The zero-order valence-electron chi connectivity index (χ0n) is 12.2. The van der Waals surface area contributed by atoms with Gasteiger partial charge in [0.05, 0.1) is 12.6 Å². The number of fused-ring (bicyclic) bond motifs is 1. The highest BCUT2D eigenvalue weighted by atomic mass is 16.5. The Bertz CT molecular complexity index is 542. The summed E-state index contributed by atoms with van der Waals surface area (Å²) < 4.78 is 7.67. The summed E-state index contributed by atoms with van der Waals surface area (Å²) in [5, 5.41) is 0. The minimum absolute atomic E-state index is 0.0937. The molecule has 2 unspecified atom stereocenters. The van der Waals surface area contributed by atoms with E-state index in [1.54, 1.807) is 0 Å². The van der Waals surface area contributed by atoms with Crippen LogP contribution in [0.3, 0.4) is 0 Å². The van der Waals surface area contributed by atoms with Gasteiger partial charge in [0.25, 0.3) is 5.56 Å². The van der Waals surface area contributed by atoms with Crippen molar-refractivity contribution in [2.75, 3.05) is 6.61 Å². The van der Waals surface area contributed by atoms with Crippen LogP contribution in [0.2, 0.25) is 0 Å². The molecule has 0 amide bonds. The molecular weight excluding hydrogens is 252 g/mol. The van der Waals surface area contributed by atoms with Crippen molar-refractivity contribution in [1.82, 2.24) is 4.57 Å². The van der Waals surface area contributed by atoms with Gasteiger partial charge in [-0.05, 0) is 57.1 Å². The van der Waals surface area contributed by atoms with E-state index in [1.807, 2.05) is 17.6 Å². The Morgan fingerprint density at radius 2 is 2.20 bits per heavy atom.